The second-order valence-electron chi connectivity index (χ2n) is 6.45. The summed E-state index contributed by atoms with van der Waals surface area (Å²) in [5.41, 5.74) is 0.823. The number of nitro groups is 1. The number of amides is 1. The van der Waals surface area contributed by atoms with Gasteiger partial charge in [-0.2, -0.15) is 0 Å². The van der Waals surface area contributed by atoms with Gasteiger partial charge in [-0.05, 0) is 49.4 Å². The van der Waals surface area contributed by atoms with E-state index in [1.165, 1.54) is 22.8 Å². The summed E-state index contributed by atoms with van der Waals surface area (Å²) in [5, 5.41) is 14.2. The average molecular weight is 401 g/mol. The zero-order valence-electron chi connectivity index (χ0n) is 15.8. The minimum absolute atomic E-state index is 0.0372. The van der Waals surface area contributed by atoms with Crippen molar-refractivity contribution >= 4 is 28.3 Å². The summed E-state index contributed by atoms with van der Waals surface area (Å²) in [6, 6.07) is 15.6. The van der Waals surface area contributed by atoms with E-state index in [0.717, 1.165) is 0 Å². The van der Waals surface area contributed by atoms with Crippen LogP contribution in [0.3, 0.4) is 0 Å². The van der Waals surface area contributed by atoms with E-state index in [1.54, 1.807) is 55.6 Å². The first-order valence-electron chi connectivity index (χ1n) is 8.95. The van der Waals surface area contributed by atoms with E-state index in [-0.39, 0.29) is 16.8 Å². The molecule has 1 N–H and O–H groups in total. The van der Waals surface area contributed by atoms with Crippen LogP contribution < -0.4 is 10.9 Å². The Morgan fingerprint density at radius 2 is 1.80 bits per heavy atom. The van der Waals surface area contributed by atoms with Gasteiger partial charge in [-0.15, -0.1) is 0 Å². The molecule has 0 saturated carbocycles. The number of hydrogen-bond acceptors (Lipinski definition) is 6. The van der Waals surface area contributed by atoms with Crippen LogP contribution in [0.15, 0.2) is 71.7 Å². The maximum atomic E-state index is 12.8. The second kappa shape index (κ2) is 7.55. The first-order valence-corrected chi connectivity index (χ1v) is 8.95. The molecule has 0 radical (unpaired) electrons. The molecule has 2 heterocycles. The number of benzene rings is 2. The van der Waals surface area contributed by atoms with Crippen LogP contribution in [0.25, 0.3) is 16.7 Å². The number of carbonyl (C=O) groups is 1. The molecule has 9 heteroatoms. The van der Waals surface area contributed by atoms with Gasteiger partial charge in [0.2, 0.25) is 0 Å². The van der Waals surface area contributed by atoms with E-state index < -0.39 is 10.8 Å². The Kier molecular flexibility index (Phi) is 4.77. The average Bonchev–Trinajstić information content (AvgIpc) is 2.75. The van der Waals surface area contributed by atoms with Crippen LogP contribution in [0.2, 0.25) is 0 Å². The van der Waals surface area contributed by atoms with Gasteiger partial charge in [0, 0.05) is 18.0 Å². The highest BCUT2D eigenvalue weighted by Gasteiger charge is 2.19. The molecule has 0 atom stereocenters. The zero-order chi connectivity index (χ0) is 21.3. The van der Waals surface area contributed by atoms with Gasteiger partial charge in [0.25, 0.3) is 17.2 Å². The van der Waals surface area contributed by atoms with Crippen LogP contribution in [0.5, 0.6) is 0 Å². The summed E-state index contributed by atoms with van der Waals surface area (Å²) in [6.07, 6.45) is 1.58. The second-order valence-corrected chi connectivity index (χ2v) is 6.45. The Hall–Kier alpha value is -4.40. The minimum Gasteiger partial charge on any atom is -0.322 e. The number of aromatic nitrogens is 3. The number of carbonyl (C=O) groups excluding carboxylic acids is 1. The van der Waals surface area contributed by atoms with Crippen molar-refractivity contribution in [2.24, 2.45) is 0 Å². The number of para-hydroxylation sites is 1. The number of nitrogens with one attached hydrogen (secondary N) is 1. The summed E-state index contributed by atoms with van der Waals surface area (Å²) in [7, 11) is 0. The van der Waals surface area contributed by atoms with Crippen molar-refractivity contribution in [2.45, 2.75) is 6.92 Å². The van der Waals surface area contributed by atoms with Gasteiger partial charge < -0.3 is 5.32 Å². The van der Waals surface area contributed by atoms with Gasteiger partial charge in [-0.3, -0.25) is 24.3 Å². The van der Waals surface area contributed by atoms with Crippen molar-refractivity contribution in [2.75, 3.05) is 5.32 Å². The topological polar surface area (TPSA) is 120 Å². The normalized spacial score (nSPS) is 10.7. The molecule has 1 amide bonds. The van der Waals surface area contributed by atoms with Gasteiger partial charge in [0.1, 0.15) is 11.4 Å². The van der Waals surface area contributed by atoms with Crippen molar-refractivity contribution in [3.8, 4) is 5.69 Å². The Morgan fingerprint density at radius 1 is 1.07 bits per heavy atom. The first kappa shape index (κ1) is 18.9. The molecule has 0 spiro atoms. The van der Waals surface area contributed by atoms with Crippen LogP contribution in [-0.4, -0.2) is 25.4 Å². The Balaban J connectivity index is 1.65. The molecule has 2 aromatic heterocycles. The largest absolute Gasteiger partial charge is 0.322 e. The highest BCUT2D eigenvalue weighted by atomic mass is 16.6. The van der Waals surface area contributed by atoms with Gasteiger partial charge >= 0.3 is 0 Å². The molecule has 0 fully saturated rings. The molecule has 4 aromatic rings. The van der Waals surface area contributed by atoms with Crippen molar-refractivity contribution in [1.82, 2.24) is 14.5 Å². The van der Waals surface area contributed by atoms with E-state index in [4.69, 9.17) is 0 Å². The summed E-state index contributed by atoms with van der Waals surface area (Å²) in [5.74, 6) is -0.121. The lowest BCUT2D eigenvalue weighted by Gasteiger charge is -2.11. The maximum Gasteiger partial charge on any atom is 0.282 e. The van der Waals surface area contributed by atoms with E-state index in [9.17, 15) is 19.7 Å². The lowest BCUT2D eigenvalue weighted by Crippen LogP contribution is -2.22. The molecular weight excluding hydrogens is 386 g/mol. The third-order valence-corrected chi connectivity index (χ3v) is 4.54. The summed E-state index contributed by atoms with van der Waals surface area (Å²) >= 11 is 0. The lowest BCUT2D eigenvalue weighted by molar-refractivity contribution is -0.385. The standard InChI is InChI=1S/C21H15N5O4/c1-13-23-19-17(6-4-12-22-19)21(28)25(13)15-10-8-14(9-11-15)24-20(27)16-5-2-3-7-18(16)26(29)30/h2-12H,1H3,(H,24,27). The van der Waals surface area contributed by atoms with E-state index in [2.05, 4.69) is 15.3 Å². The Morgan fingerprint density at radius 3 is 2.53 bits per heavy atom. The molecular formula is C21H15N5O4. The molecule has 0 aliphatic heterocycles. The first-order chi connectivity index (χ1) is 14.5. The molecule has 0 aliphatic rings. The molecule has 9 nitrogen and oxygen atoms in total. The summed E-state index contributed by atoms with van der Waals surface area (Å²) in [6.45, 7) is 1.71. The molecule has 30 heavy (non-hydrogen) atoms. The highest BCUT2D eigenvalue weighted by Crippen LogP contribution is 2.20. The van der Waals surface area contributed by atoms with Gasteiger partial charge in [-0.25, -0.2) is 9.97 Å². The number of pyridine rings is 1. The number of hydrogen-bond donors (Lipinski definition) is 1. The predicted molar refractivity (Wildman–Crippen MR) is 111 cm³/mol. The van der Waals surface area contributed by atoms with Crippen molar-refractivity contribution in [1.29, 1.82) is 0 Å². The van der Waals surface area contributed by atoms with Crippen LogP contribution in [0.4, 0.5) is 11.4 Å². The van der Waals surface area contributed by atoms with Crippen molar-refractivity contribution in [3.63, 3.8) is 0 Å². The lowest BCUT2D eigenvalue weighted by atomic mass is 10.1. The van der Waals surface area contributed by atoms with E-state index >= 15 is 0 Å². The van der Waals surface area contributed by atoms with Crippen molar-refractivity contribution < 1.29 is 9.72 Å². The van der Waals surface area contributed by atoms with E-state index in [0.29, 0.717) is 28.2 Å². The van der Waals surface area contributed by atoms with Crippen molar-refractivity contribution in [3.05, 3.63) is 98.7 Å². The summed E-state index contributed by atoms with van der Waals surface area (Å²) < 4.78 is 1.46. The number of aryl methyl sites for hydroxylation is 1. The molecule has 0 unspecified atom stereocenters. The van der Waals surface area contributed by atoms with Gasteiger partial charge in [0.05, 0.1) is 16.0 Å². The van der Waals surface area contributed by atoms with E-state index in [1.807, 2.05) is 0 Å². The molecule has 0 aliphatic carbocycles. The quantitative estimate of drug-likeness (QED) is 0.414. The SMILES string of the molecule is Cc1nc2ncccc2c(=O)n1-c1ccc(NC(=O)c2ccccc2[N+](=O)[O-])cc1. The third kappa shape index (κ3) is 3.39. The molecule has 2 aromatic carbocycles. The number of rotatable bonds is 4. The molecule has 4 rings (SSSR count). The summed E-state index contributed by atoms with van der Waals surface area (Å²) in [4.78, 5) is 44.3. The monoisotopic (exact) mass is 401 g/mol. The zero-order valence-corrected chi connectivity index (χ0v) is 15.8. The molecule has 148 valence electrons. The fourth-order valence-electron chi connectivity index (χ4n) is 3.14. The van der Waals surface area contributed by atoms with Crippen LogP contribution >= 0.6 is 0 Å². The number of nitrogens with zero attached hydrogens (tertiary/aromatic N) is 4. The minimum atomic E-state index is -0.602. The highest BCUT2D eigenvalue weighted by molar-refractivity contribution is 6.07. The van der Waals surface area contributed by atoms with Gasteiger partial charge in [-0.1, -0.05) is 12.1 Å². The van der Waals surface area contributed by atoms with Crippen LogP contribution in [0, 0.1) is 17.0 Å². The van der Waals surface area contributed by atoms with Gasteiger partial charge in [0.15, 0.2) is 5.65 Å². The van der Waals surface area contributed by atoms with Crippen LogP contribution in [-0.2, 0) is 0 Å². The number of nitro benzene ring substituents is 1. The third-order valence-electron chi connectivity index (χ3n) is 4.54. The number of anilines is 1. The Labute approximate surface area is 169 Å². The van der Waals surface area contributed by atoms with Crippen LogP contribution in [0.1, 0.15) is 16.2 Å². The Bertz CT molecular complexity index is 1350. The predicted octanol–water partition coefficient (Wildman–Crippen LogP) is 3.25. The fraction of sp³-hybridized carbons (Fsp3) is 0.0476. The fourth-order valence-corrected chi connectivity index (χ4v) is 3.14. The maximum absolute atomic E-state index is 12.8. The number of fused-ring (bicyclic) bond motifs is 1. The molecule has 0 saturated heterocycles. The molecule has 0 bridgehead atoms. The smallest absolute Gasteiger partial charge is 0.282 e.